The molecule has 0 bridgehead atoms. The summed E-state index contributed by atoms with van der Waals surface area (Å²) < 4.78 is 0. The van der Waals surface area contributed by atoms with Crippen molar-refractivity contribution in [2.75, 3.05) is 0 Å². The average molecular weight is 166 g/mol. The Hall–Kier alpha value is -0.590. The highest BCUT2D eigenvalue weighted by Gasteiger charge is 2.12. The second-order valence-corrected chi connectivity index (χ2v) is 3.78. The predicted octanol–water partition coefficient (Wildman–Crippen LogP) is 3.10. The Balaban J connectivity index is 2.50. The lowest BCUT2D eigenvalue weighted by atomic mass is 9.91. The molecular formula is C11H18O. The van der Waals surface area contributed by atoms with Gasteiger partial charge in [-0.3, -0.25) is 4.79 Å². The molecule has 1 aliphatic carbocycles. The van der Waals surface area contributed by atoms with Crippen LogP contribution < -0.4 is 0 Å². The minimum atomic E-state index is 0.427. The van der Waals surface area contributed by atoms with Crippen LogP contribution in [0.4, 0.5) is 0 Å². The van der Waals surface area contributed by atoms with Crippen molar-refractivity contribution < 1.29 is 4.79 Å². The molecule has 12 heavy (non-hydrogen) atoms. The highest BCUT2D eigenvalue weighted by Crippen LogP contribution is 2.22. The van der Waals surface area contributed by atoms with Gasteiger partial charge < -0.3 is 0 Å². The van der Waals surface area contributed by atoms with Crippen molar-refractivity contribution in [2.45, 2.75) is 46.0 Å². The van der Waals surface area contributed by atoms with Crippen molar-refractivity contribution in [3.05, 3.63) is 11.6 Å². The van der Waals surface area contributed by atoms with Crippen LogP contribution in [0.15, 0.2) is 11.6 Å². The van der Waals surface area contributed by atoms with Crippen LogP contribution in [0.5, 0.6) is 0 Å². The molecular weight excluding hydrogens is 148 g/mol. The maximum Gasteiger partial charge on any atom is 0.136 e. The van der Waals surface area contributed by atoms with Crippen LogP contribution in [0.25, 0.3) is 0 Å². The van der Waals surface area contributed by atoms with E-state index in [0.717, 1.165) is 25.7 Å². The van der Waals surface area contributed by atoms with Gasteiger partial charge in [-0.2, -0.15) is 0 Å². The standard InChI is InChI=1S/C11H18O/c1-3-9(2)7-10-5-4-6-11(12)8-10/h7,9H,3-6,8H2,1-2H3/b10-7-. The van der Waals surface area contributed by atoms with E-state index in [1.165, 1.54) is 12.0 Å². The summed E-state index contributed by atoms with van der Waals surface area (Å²) in [6, 6.07) is 0. The molecule has 0 radical (unpaired) electrons. The SMILES string of the molecule is CCC(C)/C=C1/CCCC(=O)C1. The predicted molar refractivity (Wildman–Crippen MR) is 51.0 cm³/mol. The Morgan fingerprint density at radius 1 is 1.50 bits per heavy atom. The zero-order valence-electron chi connectivity index (χ0n) is 8.10. The van der Waals surface area contributed by atoms with Gasteiger partial charge in [0.1, 0.15) is 5.78 Å². The molecule has 1 aliphatic rings. The normalized spacial score (nSPS) is 24.5. The molecule has 1 fully saturated rings. The fraction of sp³-hybridized carbons (Fsp3) is 0.727. The molecule has 1 unspecified atom stereocenters. The lowest BCUT2D eigenvalue weighted by Gasteiger charge is -2.14. The summed E-state index contributed by atoms with van der Waals surface area (Å²) in [5.41, 5.74) is 1.38. The van der Waals surface area contributed by atoms with Gasteiger partial charge >= 0.3 is 0 Å². The van der Waals surface area contributed by atoms with Gasteiger partial charge in [0.2, 0.25) is 0 Å². The molecule has 1 atom stereocenters. The number of ketones is 1. The molecule has 0 aromatic heterocycles. The van der Waals surface area contributed by atoms with Crippen molar-refractivity contribution in [3.63, 3.8) is 0 Å². The second kappa shape index (κ2) is 4.44. The first-order chi connectivity index (χ1) is 5.72. The van der Waals surface area contributed by atoms with E-state index in [9.17, 15) is 4.79 Å². The first-order valence-corrected chi connectivity index (χ1v) is 4.93. The number of hydrogen-bond acceptors (Lipinski definition) is 1. The zero-order valence-corrected chi connectivity index (χ0v) is 8.10. The van der Waals surface area contributed by atoms with Crippen LogP contribution in [-0.4, -0.2) is 5.78 Å². The van der Waals surface area contributed by atoms with Crippen molar-refractivity contribution in [1.82, 2.24) is 0 Å². The van der Waals surface area contributed by atoms with Gasteiger partial charge in [0.15, 0.2) is 0 Å². The molecule has 1 nitrogen and oxygen atoms in total. The third-order valence-corrected chi connectivity index (χ3v) is 2.54. The molecule has 1 heteroatoms. The summed E-state index contributed by atoms with van der Waals surface area (Å²) in [7, 11) is 0. The number of allylic oxidation sites excluding steroid dienone is 2. The van der Waals surface area contributed by atoms with Crippen LogP contribution >= 0.6 is 0 Å². The van der Waals surface area contributed by atoms with E-state index in [-0.39, 0.29) is 0 Å². The van der Waals surface area contributed by atoms with Crippen LogP contribution in [0.1, 0.15) is 46.0 Å². The Bertz CT molecular complexity index is 191. The second-order valence-electron chi connectivity index (χ2n) is 3.78. The fourth-order valence-corrected chi connectivity index (χ4v) is 1.61. The monoisotopic (exact) mass is 166 g/mol. The number of rotatable bonds is 2. The maximum atomic E-state index is 11.1. The van der Waals surface area contributed by atoms with Gasteiger partial charge in [-0.25, -0.2) is 0 Å². The van der Waals surface area contributed by atoms with Crippen molar-refractivity contribution in [1.29, 1.82) is 0 Å². The van der Waals surface area contributed by atoms with Crippen LogP contribution in [-0.2, 0) is 4.79 Å². The lowest BCUT2D eigenvalue weighted by Crippen LogP contribution is -2.07. The Labute approximate surface area is 74.9 Å². The Kier molecular flexibility index (Phi) is 3.51. The number of hydrogen-bond donors (Lipinski definition) is 0. The third-order valence-electron chi connectivity index (χ3n) is 2.54. The molecule has 0 saturated heterocycles. The molecule has 1 rings (SSSR count). The molecule has 0 spiro atoms. The topological polar surface area (TPSA) is 17.1 Å². The Morgan fingerprint density at radius 2 is 2.25 bits per heavy atom. The third kappa shape index (κ3) is 2.80. The van der Waals surface area contributed by atoms with Crippen molar-refractivity contribution in [2.24, 2.45) is 5.92 Å². The first-order valence-electron chi connectivity index (χ1n) is 4.93. The number of carbonyl (C=O) groups excluding carboxylic acids is 1. The molecule has 1 saturated carbocycles. The van der Waals surface area contributed by atoms with Gasteiger partial charge in [0, 0.05) is 12.8 Å². The summed E-state index contributed by atoms with van der Waals surface area (Å²) in [5, 5.41) is 0. The molecule has 0 aromatic rings. The summed E-state index contributed by atoms with van der Waals surface area (Å²) in [6.45, 7) is 4.40. The van der Waals surface area contributed by atoms with Crippen LogP contribution in [0, 0.1) is 5.92 Å². The fourth-order valence-electron chi connectivity index (χ4n) is 1.61. The van der Waals surface area contributed by atoms with E-state index in [0.29, 0.717) is 11.7 Å². The van der Waals surface area contributed by atoms with E-state index in [2.05, 4.69) is 19.9 Å². The molecule has 68 valence electrons. The van der Waals surface area contributed by atoms with Crippen molar-refractivity contribution >= 4 is 5.78 Å². The van der Waals surface area contributed by atoms with E-state index in [1.807, 2.05) is 0 Å². The van der Waals surface area contributed by atoms with Gasteiger partial charge in [-0.05, 0) is 18.8 Å². The van der Waals surface area contributed by atoms with Crippen LogP contribution in [0.2, 0.25) is 0 Å². The largest absolute Gasteiger partial charge is 0.299 e. The maximum absolute atomic E-state index is 11.1. The smallest absolute Gasteiger partial charge is 0.136 e. The van der Waals surface area contributed by atoms with E-state index in [1.54, 1.807) is 0 Å². The van der Waals surface area contributed by atoms with Crippen LogP contribution in [0.3, 0.4) is 0 Å². The minimum absolute atomic E-state index is 0.427. The highest BCUT2D eigenvalue weighted by molar-refractivity contribution is 5.81. The Morgan fingerprint density at radius 3 is 2.83 bits per heavy atom. The summed E-state index contributed by atoms with van der Waals surface area (Å²) >= 11 is 0. The van der Waals surface area contributed by atoms with E-state index >= 15 is 0 Å². The zero-order chi connectivity index (χ0) is 8.97. The number of carbonyl (C=O) groups is 1. The highest BCUT2D eigenvalue weighted by atomic mass is 16.1. The first kappa shape index (κ1) is 9.50. The average Bonchev–Trinajstić information content (AvgIpc) is 2.04. The molecule has 0 aromatic carbocycles. The minimum Gasteiger partial charge on any atom is -0.299 e. The van der Waals surface area contributed by atoms with E-state index in [4.69, 9.17) is 0 Å². The summed E-state index contributed by atoms with van der Waals surface area (Å²) in [6.07, 6.45) is 7.22. The number of Topliss-reactive ketones (excluding diaryl/α,β-unsaturated/α-hetero) is 1. The van der Waals surface area contributed by atoms with Gasteiger partial charge in [0.25, 0.3) is 0 Å². The van der Waals surface area contributed by atoms with Gasteiger partial charge in [-0.15, -0.1) is 0 Å². The molecule has 0 amide bonds. The summed E-state index contributed by atoms with van der Waals surface area (Å²) in [4.78, 5) is 11.1. The molecule has 0 aliphatic heterocycles. The summed E-state index contributed by atoms with van der Waals surface area (Å²) in [5.74, 6) is 1.07. The van der Waals surface area contributed by atoms with Gasteiger partial charge in [0.05, 0.1) is 0 Å². The van der Waals surface area contributed by atoms with Crippen molar-refractivity contribution in [3.8, 4) is 0 Å². The molecule has 0 heterocycles. The van der Waals surface area contributed by atoms with E-state index < -0.39 is 0 Å². The quantitative estimate of drug-likeness (QED) is 0.576. The lowest BCUT2D eigenvalue weighted by molar-refractivity contribution is -0.119. The molecule has 0 N–H and O–H groups in total. The van der Waals surface area contributed by atoms with Gasteiger partial charge in [-0.1, -0.05) is 31.9 Å².